The maximum atomic E-state index is 13.1. The van der Waals surface area contributed by atoms with E-state index in [4.69, 9.17) is 5.73 Å². The summed E-state index contributed by atoms with van der Waals surface area (Å²) < 4.78 is 0. The summed E-state index contributed by atoms with van der Waals surface area (Å²) in [5, 5.41) is 3.40. The standard InChI is InChI=1S/C18H32N2O/c1-4-17(3,5-6-19)20-15(21)18-10-13-7-14(11-18)9-16(2,8-13)12-18/h13-14H,4-12,19H2,1-3H3,(H,20,21). The molecule has 4 rings (SSSR count). The van der Waals surface area contributed by atoms with Crippen LogP contribution in [-0.2, 0) is 4.79 Å². The Balaban J connectivity index is 1.78. The molecule has 3 unspecified atom stereocenters. The molecule has 0 spiro atoms. The molecule has 4 aliphatic rings. The van der Waals surface area contributed by atoms with Crippen LogP contribution in [0.3, 0.4) is 0 Å². The highest BCUT2D eigenvalue weighted by Crippen LogP contribution is 2.65. The lowest BCUT2D eigenvalue weighted by atomic mass is 9.44. The van der Waals surface area contributed by atoms with E-state index in [0.717, 1.165) is 43.9 Å². The Kier molecular flexibility index (Phi) is 3.63. The van der Waals surface area contributed by atoms with E-state index in [-0.39, 0.29) is 11.0 Å². The number of nitrogens with two attached hydrogens (primary N) is 1. The van der Waals surface area contributed by atoms with E-state index in [1.807, 2.05) is 0 Å². The van der Waals surface area contributed by atoms with Crippen LogP contribution in [0.25, 0.3) is 0 Å². The van der Waals surface area contributed by atoms with Gasteiger partial charge >= 0.3 is 0 Å². The molecular formula is C18H32N2O. The fourth-order valence-electron chi connectivity index (χ4n) is 6.04. The number of carbonyl (C=O) groups is 1. The van der Waals surface area contributed by atoms with Gasteiger partial charge in [-0.2, -0.15) is 0 Å². The summed E-state index contributed by atoms with van der Waals surface area (Å²) in [6.45, 7) is 7.36. The average molecular weight is 292 g/mol. The van der Waals surface area contributed by atoms with Gasteiger partial charge in [0.15, 0.2) is 0 Å². The SMILES string of the molecule is CCC(C)(CCN)NC(=O)C12CC3CC(CC(C)(C3)C1)C2. The minimum absolute atomic E-state index is 0.0656. The average Bonchev–Trinajstić information content (AvgIpc) is 2.36. The van der Waals surface area contributed by atoms with E-state index < -0.39 is 0 Å². The molecule has 0 radical (unpaired) electrons. The fourth-order valence-corrected chi connectivity index (χ4v) is 6.04. The van der Waals surface area contributed by atoms with Gasteiger partial charge in [-0.1, -0.05) is 13.8 Å². The first kappa shape index (κ1) is 15.3. The van der Waals surface area contributed by atoms with Crippen molar-refractivity contribution < 1.29 is 4.79 Å². The molecule has 0 saturated heterocycles. The molecule has 0 heterocycles. The van der Waals surface area contributed by atoms with Crippen LogP contribution in [0.15, 0.2) is 0 Å². The minimum atomic E-state index is -0.129. The lowest BCUT2D eigenvalue weighted by Gasteiger charge is -2.60. The Morgan fingerprint density at radius 1 is 1.29 bits per heavy atom. The van der Waals surface area contributed by atoms with E-state index in [1.54, 1.807) is 0 Å². The minimum Gasteiger partial charge on any atom is -0.350 e. The van der Waals surface area contributed by atoms with Crippen LogP contribution in [0.1, 0.15) is 72.1 Å². The highest BCUT2D eigenvalue weighted by molar-refractivity contribution is 5.84. The Bertz CT molecular complexity index is 419. The van der Waals surface area contributed by atoms with Gasteiger partial charge in [0.2, 0.25) is 5.91 Å². The molecule has 3 nitrogen and oxygen atoms in total. The van der Waals surface area contributed by atoms with E-state index in [1.165, 1.54) is 19.3 Å². The molecule has 0 aromatic rings. The van der Waals surface area contributed by atoms with Gasteiger partial charge in [-0.25, -0.2) is 0 Å². The monoisotopic (exact) mass is 292 g/mol. The van der Waals surface area contributed by atoms with Gasteiger partial charge in [-0.15, -0.1) is 0 Å². The first-order valence-corrected chi connectivity index (χ1v) is 8.85. The summed E-state index contributed by atoms with van der Waals surface area (Å²) in [5.74, 6) is 1.93. The maximum Gasteiger partial charge on any atom is 0.226 e. The smallest absolute Gasteiger partial charge is 0.226 e. The van der Waals surface area contributed by atoms with Crippen molar-refractivity contribution in [2.24, 2.45) is 28.4 Å². The number of amides is 1. The molecule has 0 aromatic carbocycles. The summed E-state index contributed by atoms with van der Waals surface area (Å²) in [6.07, 6.45) is 9.28. The zero-order valence-electron chi connectivity index (χ0n) is 14.0. The number of nitrogens with one attached hydrogen (secondary N) is 1. The van der Waals surface area contributed by atoms with Crippen LogP contribution in [0, 0.1) is 22.7 Å². The lowest BCUT2D eigenvalue weighted by Crippen LogP contribution is -2.60. The van der Waals surface area contributed by atoms with Crippen molar-refractivity contribution in [1.82, 2.24) is 5.32 Å². The molecule has 3 N–H and O–H groups in total. The highest BCUT2D eigenvalue weighted by atomic mass is 16.2. The first-order valence-electron chi connectivity index (χ1n) is 8.85. The summed E-state index contributed by atoms with van der Waals surface area (Å²) in [7, 11) is 0. The normalized spacial score (nSPS) is 43.6. The van der Waals surface area contributed by atoms with E-state index in [9.17, 15) is 4.79 Å². The van der Waals surface area contributed by atoms with Crippen molar-refractivity contribution in [3.8, 4) is 0 Å². The first-order chi connectivity index (χ1) is 9.82. The second-order valence-electron chi connectivity index (χ2n) is 8.96. The largest absolute Gasteiger partial charge is 0.350 e. The fraction of sp³-hybridized carbons (Fsp3) is 0.944. The van der Waals surface area contributed by atoms with Gasteiger partial charge in [0, 0.05) is 5.54 Å². The molecule has 21 heavy (non-hydrogen) atoms. The maximum absolute atomic E-state index is 13.1. The van der Waals surface area contributed by atoms with Crippen LogP contribution in [0.2, 0.25) is 0 Å². The van der Waals surface area contributed by atoms with Gasteiger partial charge in [0.25, 0.3) is 0 Å². The number of hydrogen-bond acceptors (Lipinski definition) is 2. The van der Waals surface area contributed by atoms with Crippen molar-refractivity contribution in [2.45, 2.75) is 77.7 Å². The second kappa shape index (κ2) is 4.97. The van der Waals surface area contributed by atoms with Crippen LogP contribution in [-0.4, -0.2) is 18.0 Å². The quantitative estimate of drug-likeness (QED) is 0.817. The van der Waals surface area contributed by atoms with Gasteiger partial charge in [0.05, 0.1) is 5.41 Å². The lowest BCUT2D eigenvalue weighted by molar-refractivity contribution is -0.157. The molecule has 4 bridgehead atoms. The van der Waals surface area contributed by atoms with Crippen LogP contribution >= 0.6 is 0 Å². The van der Waals surface area contributed by atoms with Gasteiger partial charge in [0.1, 0.15) is 0 Å². The number of rotatable bonds is 5. The Labute approximate surface area is 129 Å². The predicted molar refractivity (Wildman–Crippen MR) is 85.7 cm³/mol. The molecule has 3 atom stereocenters. The summed E-state index contributed by atoms with van der Waals surface area (Å²) >= 11 is 0. The Morgan fingerprint density at radius 3 is 2.38 bits per heavy atom. The van der Waals surface area contributed by atoms with E-state index in [0.29, 0.717) is 17.9 Å². The molecular weight excluding hydrogens is 260 g/mol. The molecule has 4 aliphatic carbocycles. The molecule has 4 fully saturated rings. The van der Waals surface area contributed by atoms with Crippen molar-refractivity contribution >= 4 is 5.91 Å². The molecule has 0 aliphatic heterocycles. The third-order valence-corrected chi connectivity index (χ3v) is 6.73. The van der Waals surface area contributed by atoms with Gasteiger partial charge in [-0.3, -0.25) is 4.79 Å². The molecule has 3 heteroatoms. The number of hydrogen-bond donors (Lipinski definition) is 2. The zero-order chi connectivity index (χ0) is 15.3. The zero-order valence-corrected chi connectivity index (χ0v) is 14.0. The van der Waals surface area contributed by atoms with Crippen LogP contribution in [0.4, 0.5) is 0 Å². The van der Waals surface area contributed by atoms with Crippen LogP contribution < -0.4 is 11.1 Å². The molecule has 0 aromatic heterocycles. The molecule has 1 amide bonds. The Hall–Kier alpha value is -0.570. The third-order valence-electron chi connectivity index (χ3n) is 6.73. The molecule has 4 saturated carbocycles. The predicted octanol–water partition coefficient (Wildman–Crippen LogP) is 3.23. The van der Waals surface area contributed by atoms with Crippen LogP contribution in [0.5, 0.6) is 0 Å². The molecule has 120 valence electrons. The number of carbonyl (C=O) groups excluding carboxylic acids is 1. The van der Waals surface area contributed by atoms with Crippen molar-refractivity contribution in [3.63, 3.8) is 0 Å². The van der Waals surface area contributed by atoms with Gasteiger partial charge < -0.3 is 11.1 Å². The van der Waals surface area contributed by atoms with Crippen molar-refractivity contribution in [1.29, 1.82) is 0 Å². The second-order valence-corrected chi connectivity index (χ2v) is 8.96. The van der Waals surface area contributed by atoms with E-state index >= 15 is 0 Å². The summed E-state index contributed by atoms with van der Waals surface area (Å²) in [5.41, 5.74) is 5.98. The van der Waals surface area contributed by atoms with Crippen molar-refractivity contribution in [3.05, 3.63) is 0 Å². The van der Waals surface area contributed by atoms with Crippen molar-refractivity contribution in [2.75, 3.05) is 6.54 Å². The summed E-state index contributed by atoms with van der Waals surface area (Å²) in [6, 6.07) is 0. The van der Waals surface area contributed by atoms with E-state index in [2.05, 4.69) is 26.1 Å². The van der Waals surface area contributed by atoms with Gasteiger partial charge in [-0.05, 0) is 82.1 Å². The Morgan fingerprint density at radius 2 is 1.90 bits per heavy atom. The highest BCUT2D eigenvalue weighted by Gasteiger charge is 2.59. The third kappa shape index (κ3) is 2.62. The summed E-state index contributed by atoms with van der Waals surface area (Å²) in [4.78, 5) is 13.1. The topological polar surface area (TPSA) is 55.1 Å².